The van der Waals surface area contributed by atoms with Crippen molar-refractivity contribution in [3.05, 3.63) is 65.7 Å². The normalized spacial score (nSPS) is 18.4. The lowest BCUT2D eigenvalue weighted by molar-refractivity contribution is 0.147. The van der Waals surface area contributed by atoms with Gasteiger partial charge in [0.15, 0.2) is 0 Å². The molecule has 1 aliphatic rings. The molecule has 0 bridgehead atoms. The van der Waals surface area contributed by atoms with Gasteiger partial charge in [-0.25, -0.2) is 4.39 Å². The minimum atomic E-state index is -1.22. The Morgan fingerprint density at radius 3 is 2.31 bits per heavy atom. The molecular formula is C28H33F. The van der Waals surface area contributed by atoms with E-state index >= 15 is 4.39 Å². The van der Waals surface area contributed by atoms with Crippen LogP contribution in [0.5, 0.6) is 0 Å². The van der Waals surface area contributed by atoms with Gasteiger partial charge in [-0.2, -0.15) is 0 Å². The van der Waals surface area contributed by atoms with E-state index in [0.717, 1.165) is 24.0 Å². The van der Waals surface area contributed by atoms with Crippen LogP contribution in [0.4, 0.5) is 4.39 Å². The fraction of sp³-hybridized carbons (Fsp3) is 0.429. The summed E-state index contributed by atoms with van der Waals surface area (Å²) < 4.78 is 16.0. The summed E-state index contributed by atoms with van der Waals surface area (Å²) in [5.41, 5.74) is 0.763. The zero-order valence-corrected chi connectivity index (χ0v) is 17.7. The third-order valence-corrected chi connectivity index (χ3v) is 6.60. The molecule has 0 fully saturated rings. The maximum absolute atomic E-state index is 16.0. The second-order valence-electron chi connectivity index (χ2n) is 8.71. The first-order valence-electron chi connectivity index (χ1n) is 11.5. The smallest absolute Gasteiger partial charge is 0.140 e. The van der Waals surface area contributed by atoms with Crippen molar-refractivity contribution < 1.29 is 4.39 Å². The van der Waals surface area contributed by atoms with Crippen molar-refractivity contribution in [1.82, 2.24) is 0 Å². The number of alkyl halides is 1. The van der Waals surface area contributed by atoms with Crippen molar-refractivity contribution in [3.63, 3.8) is 0 Å². The molecule has 1 aliphatic carbocycles. The molecule has 0 amide bonds. The first kappa shape index (κ1) is 20.1. The summed E-state index contributed by atoms with van der Waals surface area (Å²) in [7, 11) is 0. The summed E-state index contributed by atoms with van der Waals surface area (Å²) in [5.74, 6) is 0. The lowest BCUT2D eigenvalue weighted by Crippen LogP contribution is -2.23. The van der Waals surface area contributed by atoms with Crippen LogP contribution < -0.4 is 0 Å². The average molecular weight is 389 g/mol. The number of hydrogen-bond donors (Lipinski definition) is 0. The van der Waals surface area contributed by atoms with Gasteiger partial charge in [-0.15, -0.1) is 0 Å². The van der Waals surface area contributed by atoms with Gasteiger partial charge < -0.3 is 0 Å². The Kier molecular flexibility index (Phi) is 6.33. The summed E-state index contributed by atoms with van der Waals surface area (Å²) in [6, 6.07) is 17.0. The van der Waals surface area contributed by atoms with Gasteiger partial charge in [-0.3, -0.25) is 0 Å². The van der Waals surface area contributed by atoms with E-state index in [0.29, 0.717) is 12.8 Å². The molecule has 0 radical (unpaired) electrons. The third-order valence-electron chi connectivity index (χ3n) is 6.60. The minimum Gasteiger partial charge on any atom is -0.238 e. The number of benzene rings is 3. The molecule has 4 rings (SSSR count). The van der Waals surface area contributed by atoms with Crippen LogP contribution in [0.15, 0.2) is 54.6 Å². The Morgan fingerprint density at radius 2 is 1.48 bits per heavy atom. The SMILES string of the molecule is CCCCCCCCCCC1(F)CC=Cc2c1ccc1c2ccc2ccccc21. The number of allylic oxidation sites excluding steroid dienone is 1. The van der Waals surface area contributed by atoms with Gasteiger partial charge in [0.1, 0.15) is 5.67 Å². The van der Waals surface area contributed by atoms with E-state index in [2.05, 4.69) is 61.5 Å². The van der Waals surface area contributed by atoms with Crippen LogP contribution in [-0.4, -0.2) is 0 Å². The summed E-state index contributed by atoms with van der Waals surface area (Å²) in [4.78, 5) is 0. The molecule has 0 saturated heterocycles. The van der Waals surface area contributed by atoms with Crippen molar-refractivity contribution in [1.29, 1.82) is 0 Å². The third kappa shape index (κ3) is 4.25. The topological polar surface area (TPSA) is 0 Å². The van der Waals surface area contributed by atoms with Gasteiger partial charge in [0, 0.05) is 6.42 Å². The largest absolute Gasteiger partial charge is 0.238 e. The Morgan fingerprint density at radius 1 is 0.759 bits per heavy atom. The summed E-state index contributed by atoms with van der Waals surface area (Å²) >= 11 is 0. The first-order chi connectivity index (χ1) is 14.2. The molecule has 3 aromatic carbocycles. The van der Waals surface area contributed by atoms with Crippen LogP contribution in [0.2, 0.25) is 0 Å². The van der Waals surface area contributed by atoms with Gasteiger partial charge in [-0.1, -0.05) is 113 Å². The molecule has 1 atom stereocenters. The molecule has 0 heterocycles. The van der Waals surface area contributed by atoms with Crippen LogP contribution in [0, 0.1) is 0 Å². The zero-order chi connectivity index (χ0) is 20.1. The highest BCUT2D eigenvalue weighted by molar-refractivity contribution is 6.10. The van der Waals surface area contributed by atoms with E-state index < -0.39 is 5.67 Å². The molecule has 0 N–H and O–H groups in total. The van der Waals surface area contributed by atoms with Crippen LogP contribution in [-0.2, 0) is 5.67 Å². The molecular weight excluding hydrogens is 355 g/mol. The van der Waals surface area contributed by atoms with E-state index in [-0.39, 0.29) is 0 Å². The van der Waals surface area contributed by atoms with Gasteiger partial charge in [0.05, 0.1) is 0 Å². The number of hydrogen-bond acceptors (Lipinski definition) is 0. The lowest BCUT2D eigenvalue weighted by atomic mass is 9.79. The minimum absolute atomic E-state index is 0.510. The highest BCUT2D eigenvalue weighted by Crippen LogP contribution is 2.44. The van der Waals surface area contributed by atoms with Gasteiger partial charge in [0.25, 0.3) is 0 Å². The lowest BCUT2D eigenvalue weighted by Gasteiger charge is -2.30. The quantitative estimate of drug-likeness (QED) is 0.253. The second-order valence-corrected chi connectivity index (χ2v) is 8.71. The van der Waals surface area contributed by atoms with E-state index in [1.807, 2.05) is 6.08 Å². The van der Waals surface area contributed by atoms with E-state index in [1.165, 1.54) is 60.1 Å². The second kappa shape index (κ2) is 9.11. The first-order valence-corrected chi connectivity index (χ1v) is 11.5. The van der Waals surface area contributed by atoms with Gasteiger partial charge >= 0.3 is 0 Å². The van der Waals surface area contributed by atoms with Crippen molar-refractivity contribution >= 4 is 27.6 Å². The van der Waals surface area contributed by atoms with Crippen LogP contribution in [0.3, 0.4) is 0 Å². The summed E-state index contributed by atoms with van der Waals surface area (Å²) in [5, 5.41) is 4.89. The molecule has 1 unspecified atom stereocenters. The molecule has 3 aromatic rings. The highest BCUT2D eigenvalue weighted by Gasteiger charge is 2.34. The van der Waals surface area contributed by atoms with E-state index in [1.54, 1.807) is 0 Å². The van der Waals surface area contributed by atoms with E-state index in [4.69, 9.17) is 0 Å². The predicted molar refractivity (Wildman–Crippen MR) is 125 cm³/mol. The Labute approximate surface area is 174 Å². The maximum atomic E-state index is 16.0. The monoisotopic (exact) mass is 388 g/mol. The van der Waals surface area contributed by atoms with Crippen LogP contribution in [0.25, 0.3) is 27.6 Å². The number of unbranched alkanes of at least 4 members (excludes halogenated alkanes) is 7. The molecule has 0 aromatic heterocycles. The Balaban J connectivity index is 1.50. The molecule has 29 heavy (non-hydrogen) atoms. The van der Waals surface area contributed by atoms with Crippen molar-refractivity contribution in [2.75, 3.05) is 0 Å². The predicted octanol–water partition coefficient (Wildman–Crippen LogP) is 9.11. The highest BCUT2D eigenvalue weighted by atomic mass is 19.1. The van der Waals surface area contributed by atoms with Crippen molar-refractivity contribution in [2.24, 2.45) is 0 Å². The molecule has 1 heteroatoms. The standard InChI is InChI=1S/C28H33F/c1-2-3-4-5-6-7-8-11-20-28(29)21-12-15-26-25-17-16-22-13-9-10-14-23(22)24(25)18-19-27(26)28/h9-10,12-19H,2-8,11,20-21H2,1H3. The molecule has 0 saturated carbocycles. The summed E-state index contributed by atoms with van der Waals surface area (Å²) in [6.45, 7) is 2.25. The van der Waals surface area contributed by atoms with Crippen molar-refractivity contribution in [2.45, 2.75) is 76.8 Å². The fourth-order valence-electron chi connectivity index (χ4n) is 4.93. The van der Waals surface area contributed by atoms with Gasteiger partial charge in [0.2, 0.25) is 0 Å². The average Bonchev–Trinajstić information content (AvgIpc) is 2.75. The molecule has 0 aliphatic heterocycles. The Hall–Kier alpha value is -2.15. The molecule has 0 spiro atoms. The fourth-order valence-corrected chi connectivity index (χ4v) is 4.93. The van der Waals surface area contributed by atoms with Crippen molar-refractivity contribution in [3.8, 4) is 0 Å². The van der Waals surface area contributed by atoms with E-state index in [9.17, 15) is 0 Å². The number of rotatable bonds is 9. The van der Waals surface area contributed by atoms with Crippen LogP contribution >= 0.6 is 0 Å². The molecule has 152 valence electrons. The number of halogens is 1. The molecule has 0 nitrogen and oxygen atoms in total. The maximum Gasteiger partial charge on any atom is 0.140 e. The Bertz CT molecular complexity index is 1000. The van der Waals surface area contributed by atoms with Crippen LogP contribution in [0.1, 0.15) is 82.3 Å². The van der Waals surface area contributed by atoms with Gasteiger partial charge in [-0.05, 0) is 45.5 Å². The number of fused-ring (bicyclic) bond motifs is 5. The summed E-state index contributed by atoms with van der Waals surface area (Å²) in [6.07, 6.45) is 15.3. The zero-order valence-electron chi connectivity index (χ0n) is 17.7.